The first-order valence-electron chi connectivity index (χ1n) is 5.65. The van der Waals surface area contributed by atoms with E-state index in [-0.39, 0.29) is 43.3 Å². The van der Waals surface area contributed by atoms with Crippen molar-refractivity contribution in [1.82, 2.24) is 4.90 Å². The van der Waals surface area contributed by atoms with Crippen LogP contribution in [0.5, 0.6) is 0 Å². The third-order valence-electron chi connectivity index (χ3n) is 2.73. The van der Waals surface area contributed by atoms with Gasteiger partial charge in [-0.1, -0.05) is 6.58 Å². The van der Waals surface area contributed by atoms with Gasteiger partial charge < -0.3 is 5.11 Å². The van der Waals surface area contributed by atoms with Crippen LogP contribution in [0.15, 0.2) is 12.2 Å². The summed E-state index contributed by atoms with van der Waals surface area (Å²) in [6.07, 6.45) is 0.180. The number of Topliss-reactive ketones (excluding diaryl/α,β-unsaturated/α-hetero) is 1. The van der Waals surface area contributed by atoms with E-state index in [0.29, 0.717) is 12.0 Å². The van der Waals surface area contributed by atoms with Crippen molar-refractivity contribution in [3.63, 3.8) is 0 Å². The van der Waals surface area contributed by atoms with Crippen LogP contribution in [0.3, 0.4) is 0 Å². The van der Waals surface area contributed by atoms with Gasteiger partial charge in [-0.05, 0) is 25.3 Å². The zero-order chi connectivity index (χ0) is 13.0. The van der Waals surface area contributed by atoms with Gasteiger partial charge in [-0.25, -0.2) is 0 Å². The summed E-state index contributed by atoms with van der Waals surface area (Å²) >= 11 is 0. The molecule has 1 saturated heterocycles. The summed E-state index contributed by atoms with van der Waals surface area (Å²) in [5.74, 6) is -0.737. The van der Waals surface area contributed by atoms with E-state index in [2.05, 4.69) is 6.58 Å². The molecule has 1 rings (SSSR count). The zero-order valence-corrected chi connectivity index (χ0v) is 9.94. The number of aliphatic hydroxyl groups is 1. The highest BCUT2D eigenvalue weighted by Gasteiger charge is 2.33. The van der Waals surface area contributed by atoms with E-state index in [4.69, 9.17) is 0 Å². The molecule has 0 aromatic carbocycles. The van der Waals surface area contributed by atoms with Crippen molar-refractivity contribution < 1.29 is 19.5 Å². The van der Waals surface area contributed by atoms with E-state index in [1.807, 2.05) is 0 Å². The Hall–Kier alpha value is -1.49. The molecule has 0 aromatic rings. The molecule has 0 saturated carbocycles. The highest BCUT2D eigenvalue weighted by molar-refractivity contribution is 6.02. The maximum atomic E-state index is 11.3. The van der Waals surface area contributed by atoms with Gasteiger partial charge in [0.25, 0.3) is 0 Å². The Kier molecular flexibility index (Phi) is 4.57. The predicted molar refractivity (Wildman–Crippen MR) is 60.8 cm³/mol. The van der Waals surface area contributed by atoms with Gasteiger partial charge in [0.1, 0.15) is 6.23 Å². The van der Waals surface area contributed by atoms with Crippen LogP contribution in [-0.4, -0.2) is 33.8 Å². The Morgan fingerprint density at radius 2 is 1.94 bits per heavy atom. The highest BCUT2D eigenvalue weighted by Crippen LogP contribution is 2.17. The van der Waals surface area contributed by atoms with Crippen LogP contribution in [0.25, 0.3) is 0 Å². The first-order chi connectivity index (χ1) is 7.93. The number of allylic oxidation sites excluding steroid dienone is 1. The maximum absolute atomic E-state index is 11.3. The van der Waals surface area contributed by atoms with Crippen LogP contribution < -0.4 is 0 Å². The summed E-state index contributed by atoms with van der Waals surface area (Å²) in [6, 6.07) is 0. The fourth-order valence-electron chi connectivity index (χ4n) is 1.71. The fraction of sp³-hybridized carbons (Fsp3) is 0.583. The van der Waals surface area contributed by atoms with Gasteiger partial charge in [0.2, 0.25) is 11.8 Å². The average molecular weight is 239 g/mol. The van der Waals surface area contributed by atoms with Crippen molar-refractivity contribution in [1.29, 1.82) is 0 Å². The second-order valence-electron chi connectivity index (χ2n) is 4.23. The topological polar surface area (TPSA) is 74.7 Å². The van der Waals surface area contributed by atoms with Crippen LogP contribution >= 0.6 is 0 Å². The summed E-state index contributed by atoms with van der Waals surface area (Å²) in [5.41, 5.74) is 0.479. The molecule has 5 heteroatoms. The molecule has 0 bridgehead atoms. The number of likely N-dealkylation sites (tertiary alicyclic amines) is 1. The molecule has 1 heterocycles. The van der Waals surface area contributed by atoms with E-state index < -0.39 is 6.23 Å². The van der Waals surface area contributed by atoms with Crippen molar-refractivity contribution in [3.05, 3.63) is 12.2 Å². The van der Waals surface area contributed by atoms with Crippen LogP contribution in [0.1, 0.15) is 39.0 Å². The monoisotopic (exact) mass is 239 g/mol. The van der Waals surface area contributed by atoms with Crippen molar-refractivity contribution in [2.24, 2.45) is 0 Å². The smallest absolute Gasteiger partial charge is 0.231 e. The lowest BCUT2D eigenvalue weighted by Gasteiger charge is -2.20. The number of carbonyl (C=O) groups excluding carboxylic acids is 3. The minimum atomic E-state index is -1.10. The number of hydrogen-bond acceptors (Lipinski definition) is 4. The Labute approximate surface area is 100 Å². The van der Waals surface area contributed by atoms with Gasteiger partial charge in [0.05, 0.1) is 0 Å². The lowest BCUT2D eigenvalue weighted by molar-refractivity contribution is -0.149. The molecule has 0 aromatic heterocycles. The van der Waals surface area contributed by atoms with E-state index in [9.17, 15) is 19.5 Å². The molecule has 94 valence electrons. The van der Waals surface area contributed by atoms with E-state index in [1.165, 1.54) is 0 Å². The first kappa shape index (κ1) is 13.6. The minimum absolute atomic E-state index is 0.0590. The summed E-state index contributed by atoms with van der Waals surface area (Å²) in [4.78, 5) is 34.7. The Morgan fingerprint density at radius 1 is 1.41 bits per heavy atom. The molecule has 5 nitrogen and oxygen atoms in total. The zero-order valence-electron chi connectivity index (χ0n) is 9.94. The number of carbonyl (C=O) groups is 3. The molecule has 0 radical (unpaired) electrons. The van der Waals surface area contributed by atoms with Gasteiger partial charge in [-0.2, -0.15) is 0 Å². The normalized spacial score (nSPS) is 17.4. The molecular weight excluding hydrogens is 222 g/mol. The summed E-state index contributed by atoms with van der Waals surface area (Å²) < 4.78 is 0. The summed E-state index contributed by atoms with van der Waals surface area (Å²) in [6.45, 7) is 5.15. The Balaban J connectivity index is 2.37. The number of rotatable bonds is 6. The third kappa shape index (κ3) is 3.49. The van der Waals surface area contributed by atoms with Crippen molar-refractivity contribution in [3.8, 4) is 0 Å². The maximum Gasteiger partial charge on any atom is 0.231 e. The number of imide groups is 1. The number of aliphatic hydroxyl groups excluding tert-OH is 1. The van der Waals surface area contributed by atoms with Crippen molar-refractivity contribution in [2.45, 2.75) is 45.3 Å². The van der Waals surface area contributed by atoms with Crippen molar-refractivity contribution in [2.75, 3.05) is 0 Å². The molecule has 1 unspecified atom stereocenters. The van der Waals surface area contributed by atoms with E-state index >= 15 is 0 Å². The molecule has 0 spiro atoms. The predicted octanol–water partition coefficient (Wildman–Crippen LogP) is 0.769. The van der Waals surface area contributed by atoms with Crippen LogP contribution in [0, 0.1) is 0 Å². The van der Waals surface area contributed by atoms with Gasteiger partial charge in [0, 0.05) is 19.3 Å². The summed E-state index contributed by atoms with van der Waals surface area (Å²) in [5, 5.41) is 9.69. The molecule has 1 aliphatic rings. The number of amides is 2. The molecule has 1 atom stereocenters. The van der Waals surface area contributed by atoms with Gasteiger partial charge >= 0.3 is 0 Å². The van der Waals surface area contributed by atoms with Gasteiger partial charge in [-0.3, -0.25) is 19.3 Å². The Morgan fingerprint density at radius 3 is 2.41 bits per heavy atom. The van der Waals surface area contributed by atoms with Crippen molar-refractivity contribution >= 4 is 17.6 Å². The molecule has 1 aliphatic heterocycles. The molecule has 1 N–H and O–H groups in total. The summed E-state index contributed by atoms with van der Waals surface area (Å²) in [7, 11) is 0. The highest BCUT2D eigenvalue weighted by atomic mass is 16.3. The second kappa shape index (κ2) is 5.72. The van der Waals surface area contributed by atoms with E-state index in [0.717, 1.165) is 4.90 Å². The van der Waals surface area contributed by atoms with Gasteiger partial charge in [-0.15, -0.1) is 0 Å². The minimum Gasteiger partial charge on any atom is -0.373 e. The number of hydrogen-bond donors (Lipinski definition) is 1. The third-order valence-corrected chi connectivity index (χ3v) is 2.73. The molecule has 1 fully saturated rings. The SMILES string of the molecule is C=C(C)C(=O)CCCC(O)N1C(=O)CCC1=O. The van der Waals surface area contributed by atoms with Crippen LogP contribution in [0.4, 0.5) is 0 Å². The van der Waals surface area contributed by atoms with E-state index in [1.54, 1.807) is 6.92 Å². The molecule has 17 heavy (non-hydrogen) atoms. The molecular formula is C12H17NO4. The molecule has 2 amide bonds. The lowest BCUT2D eigenvalue weighted by atomic mass is 10.1. The van der Waals surface area contributed by atoms with Crippen LogP contribution in [0.2, 0.25) is 0 Å². The number of ketones is 1. The quantitative estimate of drug-likeness (QED) is 0.548. The van der Waals surface area contributed by atoms with Crippen LogP contribution in [-0.2, 0) is 14.4 Å². The number of nitrogens with zero attached hydrogens (tertiary/aromatic N) is 1. The average Bonchev–Trinajstić information content (AvgIpc) is 2.58. The largest absolute Gasteiger partial charge is 0.373 e. The Bertz CT molecular complexity index is 346. The second-order valence-corrected chi connectivity index (χ2v) is 4.23. The fourth-order valence-corrected chi connectivity index (χ4v) is 1.71. The standard InChI is InChI=1S/C12H17NO4/c1-8(2)9(14)4-3-5-10(15)13-11(16)6-7-12(13)17/h10,15H,1,3-7H2,2H3. The lowest BCUT2D eigenvalue weighted by Crippen LogP contribution is -2.39. The first-order valence-corrected chi connectivity index (χ1v) is 5.65. The van der Waals surface area contributed by atoms with Gasteiger partial charge in [0.15, 0.2) is 5.78 Å². The molecule has 0 aliphatic carbocycles.